The quantitative estimate of drug-likeness (QED) is 0.538. The van der Waals surface area contributed by atoms with Gasteiger partial charge in [-0.05, 0) is 42.8 Å². The molecule has 0 spiro atoms. The molecule has 0 fully saturated rings. The molecule has 0 aliphatic rings. The molecule has 9 heteroatoms. The molecule has 0 bridgehead atoms. The minimum Gasteiger partial charge on any atom is -0.365 e. The van der Waals surface area contributed by atoms with E-state index in [0.717, 1.165) is 11.6 Å². The topological polar surface area (TPSA) is 86.9 Å². The number of rotatable bonds is 5. The number of aromatic nitrogens is 2. The van der Waals surface area contributed by atoms with Crippen LogP contribution in [0.5, 0.6) is 0 Å². The SMILES string of the molecule is CC#Cc1ccc(NC(=O)c2cccnc2NCc2ccc(=O)[nH]c2)cc1C(F)(F)F. The van der Waals surface area contributed by atoms with Gasteiger partial charge < -0.3 is 15.6 Å². The molecule has 2 aromatic heterocycles. The van der Waals surface area contributed by atoms with Crippen LogP contribution in [0.4, 0.5) is 24.7 Å². The third-order valence-electron chi connectivity index (χ3n) is 4.20. The van der Waals surface area contributed by atoms with Crippen LogP contribution in [0.1, 0.15) is 34.0 Å². The minimum absolute atomic E-state index is 0.0191. The molecule has 3 N–H and O–H groups in total. The second kappa shape index (κ2) is 9.17. The number of alkyl halides is 3. The van der Waals surface area contributed by atoms with E-state index in [-0.39, 0.29) is 34.7 Å². The highest BCUT2D eigenvalue weighted by Gasteiger charge is 2.33. The average molecular weight is 426 g/mol. The van der Waals surface area contributed by atoms with Crippen LogP contribution in [-0.2, 0) is 12.7 Å². The van der Waals surface area contributed by atoms with Crippen molar-refractivity contribution in [2.24, 2.45) is 0 Å². The summed E-state index contributed by atoms with van der Waals surface area (Å²) >= 11 is 0. The van der Waals surface area contributed by atoms with Gasteiger partial charge in [-0.3, -0.25) is 9.59 Å². The Kier molecular flexibility index (Phi) is 6.40. The highest BCUT2D eigenvalue weighted by Crippen LogP contribution is 2.33. The van der Waals surface area contributed by atoms with Crippen LogP contribution in [-0.4, -0.2) is 15.9 Å². The molecule has 0 saturated heterocycles. The van der Waals surface area contributed by atoms with Crippen LogP contribution in [0.3, 0.4) is 0 Å². The van der Waals surface area contributed by atoms with Crippen molar-refractivity contribution in [3.63, 3.8) is 0 Å². The van der Waals surface area contributed by atoms with Gasteiger partial charge in [0.2, 0.25) is 5.56 Å². The van der Waals surface area contributed by atoms with Gasteiger partial charge in [0.1, 0.15) is 5.82 Å². The number of carbonyl (C=O) groups excluding carboxylic acids is 1. The van der Waals surface area contributed by atoms with Crippen LogP contribution >= 0.6 is 0 Å². The number of H-pyrrole nitrogens is 1. The fourth-order valence-corrected chi connectivity index (χ4v) is 2.77. The fraction of sp³-hybridized carbons (Fsp3) is 0.136. The van der Waals surface area contributed by atoms with Gasteiger partial charge in [-0.2, -0.15) is 13.2 Å². The van der Waals surface area contributed by atoms with Gasteiger partial charge in [0, 0.05) is 36.3 Å². The first kappa shape index (κ1) is 21.6. The number of anilines is 2. The standard InChI is InChI=1S/C22H17F3N4O2/c1-2-4-15-7-8-16(11-18(15)22(23,24)25)29-21(31)17-5-3-10-26-20(17)28-13-14-6-9-19(30)27-12-14/h3,5-12H,13H2,1H3,(H,26,28)(H,27,30)(H,29,31). The molecule has 1 aromatic carbocycles. The molecule has 0 aliphatic heterocycles. The molecule has 3 aromatic rings. The third kappa shape index (κ3) is 5.51. The molecule has 158 valence electrons. The first-order valence-corrected chi connectivity index (χ1v) is 9.10. The molecular formula is C22H17F3N4O2. The van der Waals surface area contributed by atoms with Crippen molar-refractivity contribution in [1.82, 2.24) is 9.97 Å². The van der Waals surface area contributed by atoms with E-state index in [1.165, 1.54) is 43.6 Å². The summed E-state index contributed by atoms with van der Waals surface area (Å²) in [7, 11) is 0. The lowest BCUT2D eigenvalue weighted by Crippen LogP contribution is -2.17. The minimum atomic E-state index is -4.61. The molecule has 0 atom stereocenters. The zero-order chi connectivity index (χ0) is 22.4. The number of halogens is 3. The van der Waals surface area contributed by atoms with Crippen LogP contribution in [0.15, 0.2) is 59.7 Å². The van der Waals surface area contributed by atoms with E-state index in [9.17, 15) is 22.8 Å². The van der Waals surface area contributed by atoms with Gasteiger partial charge >= 0.3 is 6.18 Å². The first-order valence-electron chi connectivity index (χ1n) is 9.10. The van der Waals surface area contributed by atoms with Gasteiger partial charge in [-0.15, -0.1) is 5.92 Å². The Labute approximate surface area is 175 Å². The van der Waals surface area contributed by atoms with Crippen molar-refractivity contribution in [1.29, 1.82) is 0 Å². The lowest BCUT2D eigenvalue weighted by molar-refractivity contribution is -0.137. The summed E-state index contributed by atoms with van der Waals surface area (Å²) in [6.45, 7) is 1.72. The molecule has 0 unspecified atom stereocenters. The summed E-state index contributed by atoms with van der Waals surface area (Å²) in [6.07, 6.45) is -1.61. The maximum atomic E-state index is 13.3. The lowest BCUT2D eigenvalue weighted by atomic mass is 10.1. The number of amides is 1. The van der Waals surface area contributed by atoms with E-state index in [4.69, 9.17) is 0 Å². The van der Waals surface area contributed by atoms with Crippen LogP contribution in [0.2, 0.25) is 0 Å². The van der Waals surface area contributed by atoms with E-state index >= 15 is 0 Å². The van der Waals surface area contributed by atoms with Crippen LogP contribution < -0.4 is 16.2 Å². The van der Waals surface area contributed by atoms with Gasteiger partial charge in [-0.1, -0.05) is 12.0 Å². The second-order valence-corrected chi connectivity index (χ2v) is 6.40. The maximum Gasteiger partial charge on any atom is 0.417 e. The number of nitrogens with zero attached hydrogens (tertiary/aromatic N) is 1. The summed E-state index contributed by atoms with van der Waals surface area (Å²) in [5.41, 5.74) is -0.456. The van der Waals surface area contributed by atoms with E-state index in [1.807, 2.05) is 0 Å². The summed E-state index contributed by atoms with van der Waals surface area (Å²) in [4.78, 5) is 30.5. The normalized spacial score (nSPS) is 10.7. The zero-order valence-electron chi connectivity index (χ0n) is 16.3. The van der Waals surface area contributed by atoms with Crippen molar-refractivity contribution in [3.8, 4) is 11.8 Å². The Morgan fingerprint density at radius 1 is 1.19 bits per heavy atom. The molecule has 0 saturated carbocycles. The molecule has 31 heavy (non-hydrogen) atoms. The Bertz CT molecular complexity index is 1200. The van der Waals surface area contributed by atoms with Crippen molar-refractivity contribution >= 4 is 17.4 Å². The fourth-order valence-electron chi connectivity index (χ4n) is 2.77. The Hall–Kier alpha value is -4.06. The van der Waals surface area contributed by atoms with Crippen LogP contribution in [0.25, 0.3) is 0 Å². The Morgan fingerprint density at radius 2 is 2.00 bits per heavy atom. The van der Waals surface area contributed by atoms with E-state index < -0.39 is 17.6 Å². The van der Waals surface area contributed by atoms with E-state index in [1.54, 1.807) is 12.1 Å². The Morgan fingerprint density at radius 3 is 2.68 bits per heavy atom. The molecule has 0 aliphatic carbocycles. The summed E-state index contributed by atoms with van der Waals surface area (Å²) in [6, 6.07) is 9.45. The highest BCUT2D eigenvalue weighted by molar-refractivity contribution is 6.07. The smallest absolute Gasteiger partial charge is 0.365 e. The monoisotopic (exact) mass is 426 g/mol. The second-order valence-electron chi connectivity index (χ2n) is 6.40. The Balaban J connectivity index is 1.81. The van der Waals surface area contributed by atoms with Gasteiger partial charge in [0.15, 0.2) is 0 Å². The third-order valence-corrected chi connectivity index (χ3v) is 4.20. The number of aromatic amines is 1. The number of carbonyl (C=O) groups is 1. The predicted octanol–water partition coefficient (Wildman–Crippen LogP) is 4.02. The number of benzene rings is 1. The van der Waals surface area contributed by atoms with E-state index in [2.05, 4.69) is 32.4 Å². The summed E-state index contributed by atoms with van der Waals surface area (Å²) < 4.78 is 40.0. The molecular weight excluding hydrogens is 409 g/mol. The van der Waals surface area contributed by atoms with Crippen molar-refractivity contribution in [2.45, 2.75) is 19.6 Å². The first-order chi connectivity index (χ1) is 14.8. The number of nitrogens with one attached hydrogen (secondary N) is 3. The van der Waals surface area contributed by atoms with Gasteiger partial charge in [-0.25, -0.2) is 4.98 Å². The van der Waals surface area contributed by atoms with E-state index in [0.29, 0.717) is 0 Å². The molecule has 0 radical (unpaired) electrons. The largest absolute Gasteiger partial charge is 0.417 e. The van der Waals surface area contributed by atoms with Gasteiger partial charge in [0.05, 0.1) is 11.1 Å². The maximum absolute atomic E-state index is 13.3. The molecule has 3 rings (SSSR count). The predicted molar refractivity (Wildman–Crippen MR) is 111 cm³/mol. The molecule has 1 amide bonds. The highest BCUT2D eigenvalue weighted by atomic mass is 19.4. The molecule has 6 nitrogen and oxygen atoms in total. The van der Waals surface area contributed by atoms with Crippen molar-refractivity contribution in [2.75, 3.05) is 10.6 Å². The summed E-state index contributed by atoms with van der Waals surface area (Å²) in [5.74, 6) is 4.48. The molecule has 2 heterocycles. The number of hydrogen-bond acceptors (Lipinski definition) is 4. The summed E-state index contributed by atoms with van der Waals surface area (Å²) in [5, 5.41) is 5.46. The number of hydrogen-bond donors (Lipinski definition) is 3. The number of pyridine rings is 2. The zero-order valence-corrected chi connectivity index (χ0v) is 16.3. The lowest BCUT2D eigenvalue weighted by Gasteiger charge is -2.14. The van der Waals surface area contributed by atoms with Crippen molar-refractivity contribution < 1.29 is 18.0 Å². The average Bonchev–Trinajstić information content (AvgIpc) is 2.74. The van der Waals surface area contributed by atoms with Crippen molar-refractivity contribution in [3.05, 3.63) is 87.5 Å². The van der Waals surface area contributed by atoms with Gasteiger partial charge in [0.25, 0.3) is 5.91 Å². The van der Waals surface area contributed by atoms with Crippen LogP contribution in [0, 0.1) is 11.8 Å².